The third kappa shape index (κ3) is 31.4. The molecule has 0 aromatic rings. The lowest BCUT2D eigenvalue weighted by Gasteiger charge is -1.43. The van der Waals surface area contributed by atoms with Crippen LogP contribution in [0.2, 0.25) is 0 Å². The minimum Gasteiger partial charge on any atom is -0.263 e. The summed E-state index contributed by atoms with van der Waals surface area (Å²) in [7, 11) is 0. The molecule has 0 aliphatic carbocycles. The van der Waals surface area contributed by atoms with Crippen LogP contribution < -0.4 is 0 Å². The molecule has 0 aromatic heterocycles. The zero-order valence-electron chi connectivity index (χ0n) is 1.83. The topological polar surface area (TPSA) is 47.7 Å². The summed E-state index contributed by atoms with van der Waals surface area (Å²) in [6.07, 6.45) is -1.31. The Morgan fingerprint density at radius 2 is 1.50 bits per heavy atom. The zero-order chi connectivity index (χ0) is 3.58. The molecule has 0 amide bonds. The summed E-state index contributed by atoms with van der Waals surface area (Å²) in [4.78, 5) is 0. The number of hydrogen-bond donors (Lipinski definition) is 2. The second-order valence-electron chi connectivity index (χ2n) is 0.281. The lowest BCUT2D eigenvalue weighted by atomic mass is 13.9. The highest BCUT2D eigenvalue weighted by Crippen LogP contribution is 2.13. The van der Waals surface area contributed by atoms with Crippen LogP contribution in [0.3, 0.4) is 0 Å². The Kier molecular flexibility index (Phi) is 1.84. The molecule has 0 saturated heterocycles. The molecule has 4 heteroatoms. The van der Waals surface area contributed by atoms with E-state index in [2.05, 4.69) is 15.5 Å². The Hall–Kier alpha value is 0.380. The normalized spacial score (nSPS) is 10.8. The van der Waals surface area contributed by atoms with Crippen molar-refractivity contribution in [1.29, 1.82) is 10.3 Å². The van der Waals surface area contributed by atoms with Crippen molar-refractivity contribution in [3.63, 3.8) is 0 Å². The molecule has 0 saturated carbocycles. The van der Waals surface area contributed by atoms with Crippen molar-refractivity contribution in [3.8, 4) is 0 Å². The molecule has 0 unspecified atom stereocenters. The maximum absolute atomic E-state index is 6.23. The van der Waals surface area contributed by atoms with Crippen LogP contribution in [0, 0.1) is 10.3 Å². The van der Waals surface area contributed by atoms with Crippen LogP contribution in [0.4, 0.5) is 0 Å². The number of hydrogen-bond acceptors (Lipinski definition) is 2. The average Bonchev–Trinajstić information content (AvgIpc) is 0.811. The molecule has 0 rings (SSSR count). The van der Waals surface area contributed by atoms with Gasteiger partial charge in [-0.05, 0) is 0 Å². The van der Waals surface area contributed by atoms with E-state index in [4.69, 9.17) is 10.3 Å². The minimum absolute atomic E-state index is 1.31. The van der Waals surface area contributed by atoms with Gasteiger partial charge in [-0.1, -0.05) is 0 Å². The first-order valence-electron chi connectivity index (χ1n) is 0.616. The average molecular weight is 141 g/mol. The Balaban J connectivity index is 3.51. The highest BCUT2D eigenvalue weighted by molar-refractivity contribution is 9.36. The van der Waals surface area contributed by atoms with E-state index in [1.54, 1.807) is 0 Å². The predicted molar refractivity (Wildman–Crippen MR) is 21.3 cm³/mol. The number of nitrogens with one attached hydrogen (secondary N) is 2. The molecular weight excluding hydrogens is 139 g/mol. The van der Waals surface area contributed by atoms with Gasteiger partial charge >= 0.3 is 0 Å². The van der Waals surface area contributed by atoms with Crippen LogP contribution in [-0.2, 0) is 0 Å². The van der Waals surface area contributed by atoms with E-state index in [1.807, 2.05) is 0 Å². The minimum atomic E-state index is -1.31. The van der Waals surface area contributed by atoms with Gasteiger partial charge in [-0.15, -0.1) is 0 Å². The molecule has 0 heterocycles. The van der Waals surface area contributed by atoms with Gasteiger partial charge < -0.3 is 0 Å². The maximum Gasteiger partial charge on any atom is 0.123 e. The summed E-state index contributed by atoms with van der Waals surface area (Å²) in [5.41, 5.74) is 0. The Morgan fingerprint density at radius 3 is 1.50 bits per heavy atom. The standard InChI is InChI=1S/BrH2N2P/c1-4(2)3/h2-3H. The molecule has 0 spiro atoms. The monoisotopic (exact) mass is 140 g/mol. The van der Waals surface area contributed by atoms with Gasteiger partial charge in [0.1, 0.15) is 6.21 Å². The van der Waals surface area contributed by atoms with Gasteiger partial charge in [0.2, 0.25) is 0 Å². The molecule has 0 aromatic carbocycles. The Labute approximate surface area is 32.7 Å². The number of rotatable bonds is 0. The first kappa shape index (κ1) is 4.38. The van der Waals surface area contributed by atoms with E-state index in [0.29, 0.717) is 0 Å². The molecule has 4 heavy (non-hydrogen) atoms. The second kappa shape index (κ2) is 1.68. The van der Waals surface area contributed by atoms with Crippen molar-refractivity contribution in [2.24, 2.45) is 0 Å². The van der Waals surface area contributed by atoms with Crippen LogP contribution in [0.5, 0.6) is 0 Å². The third-order valence-corrected chi connectivity index (χ3v) is 0. The smallest absolute Gasteiger partial charge is 0.123 e. The highest BCUT2D eigenvalue weighted by atomic mass is 79.9. The van der Waals surface area contributed by atoms with Crippen LogP contribution in [0.1, 0.15) is 0 Å². The summed E-state index contributed by atoms with van der Waals surface area (Å²) < 4.78 is 0. The summed E-state index contributed by atoms with van der Waals surface area (Å²) >= 11 is 2.67. The van der Waals surface area contributed by atoms with Crippen LogP contribution >= 0.6 is 21.7 Å². The molecule has 0 atom stereocenters. The molecule has 0 bridgehead atoms. The largest absolute Gasteiger partial charge is 0.263 e. The van der Waals surface area contributed by atoms with Gasteiger partial charge in [0, 0.05) is 15.5 Å². The number of halogens is 1. The molecule has 0 aliphatic heterocycles. The van der Waals surface area contributed by atoms with Gasteiger partial charge in [-0.3, -0.25) is 10.3 Å². The summed E-state index contributed by atoms with van der Waals surface area (Å²) in [5, 5.41) is 12.5. The van der Waals surface area contributed by atoms with E-state index in [1.165, 1.54) is 0 Å². The summed E-state index contributed by atoms with van der Waals surface area (Å²) in [6.45, 7) is 0. The van der Waals surface area contributed by atoms with E-state index >= 15 is 0 Å². The lowest BCUT2D eigenvalue weighted by Crippen LogP contribution is -0.829. The highest BCUT2D eigenvalue weighted by Gasteiger charge is 1.43. The fourth-order valence-corrected chi connectivity index (χ4v) is 0. The van der Waals surface area contributed by atoms with Gasteiger partial charge in [-0.25, -0.2) is 0 Å². The molecular formula is H2BrN2P. The van der Waals surface area contributed by atoms with Crippen LogP contribution in [-0.4, -0.2) is 0 Å². The summed E-state index contributed by atoms with van der Waals surface area (Å²) in [6, 6.07) is 0. The summed E-state index contributed by atoms with van der Waals surface area (Å²) in [5.74, 6) is 0. The molecule has 2 N–H and O–H groups in total. The Morgan fingerprint density at radius 1 is 1.50 bits per heavy atom. The van der Waals surface area contributed by atoms with Crippen molar-refractivity contribution in [2.45, 2.75) is 0 Å². The van der Waals surface area contributed by atoms with Crippen molar-refractivity contribution < 1.29 is 0 Å². The first-order chi connectivity index (χ1) is 1.73. The second-order valence-corrected chi connectivity index (χ2v) is 2.97. The van der Waals surface area contributed by atoms with E-state index in [9.17, 15) is 0 Å². The SMILES string of the molecule is N=P(=N)Br. The van der Waals surface area contributed by atoms with Crippen molar-refractivity contribution in [1.82, 2.24) is 0 Å². The van der Waals surface area contributed by atoms with Crippen molar-refractivity contribution in [3.05, 3.63) is 0 Å². The fraction of sp³-hybridized carbons (Fsp3) is 0. The quantitative estimate of drug-likeness (QED) is 0.486. The fourth-order valence-electron chi connectivity index (χ4n) is 0. The Bertz CT molecular complexity index is 54.4. The van der Waals surface area contributed by atoms with Crippen molar-refractivity contribution >= 4 is 21.7 Å². The molecule has 0 fully saturated rings. The van der Waals surface area contributed by atoms with Crippen LogP contribution in [0.15, 0.2) is 0 Å². The van der Waals surface area contributed by atoms with Gasteiger partial charge in [0.15, 0.2) is 0 Å². The van der Waals surface area contributed by atoms with Gasteiger partial charge in [-0.2, -0.15) is 0 Å². The molecule has 2 nitrogen and oxygen atoms in total. The third-order valence-electron chi connectivity index (χ3n) is 0. The molecule has 0 radical (unpaired) electrons. The zero-order valence-corrected chi connectivity index (χ0v) is 4.31. The predicted octanol–water partition coefficient (Wildman–Crippen LogP) is 2.30. The van der Waals surface area contributed by atoms with Crippen molar-refractivity contribution in [2.75, 3.05) is 0 Å². The van der Waals surface area contributed by atoms with Gasteiger partial charge in [0.25, 0.3) is 0 Å². The molecule has 24 valence electrons. The van der Waals surface area contributed by atoms with Gasteiger partial charge in [0.05, 0.1) is 0 Å². The van der Waals surface area contributed by atoms with Crippen LogP contribution in [0.25, 0.3) is 0 Å². The van der Waals surface area contributed by atoms with E-state index in [-0.39, 0.29) is 0 Å². The van der Waals surface area contributed by atoms with E-state index < -0.39 is 6.21 Å². The maximum atomic E-state index is 6.23. The first-order valence-corrected chi connectivity index (χ1v) is 3.98. The van der Waals surface area contributed by atoms with E-state index in [0.717, 1.165) is 0 Å². The lowest BCUT2D eigenvalue weighted by molar-refractivity contribution is 1.57. The molecule has 0 aliphatic rings.